The number of halogens is 1. The van der Waals surface area contributed by atoms with Crippen molar-refractivity contribution in [3.05, 3.63) is 56.9 Å². The second kappa shape index (κ2) is 10.4. The molecule has 3 aromatic rings. The van der Waals surface area contributed by atoms with Crippen molar-refractivity contribution in [2.24, 2.45) is 5.92 Å². The summed E-state index contributed by atoms with van der Waals surface area (Å²) in [5, 5.41) is 31.9. The van der Waals surface area contributed by atoms with E-state index < -0.39 is 29.5 Å². The number of rotatable bonds is 9. The Morgan fingerprint density at radius 2 is 2.11 bits per heavy atom. The maximum absolute atomic E-state index is 11.6. The van der Waals surface area contributed by atoms with Gasteiger partial charge in [0.05, 0.1) is 41.3 Å². The number of nitrogens with zero attached hydrogens (tertiary/aromatic N) is 4. The van der Waals surface area contributed by atoms with E-state index in [0.29, 0.717) is 28.6 Å². The molecule has 0 saturated carbocycles. The molecule has 0 bridgehead atoms. The molecule has 1 aliphatic heterocycles. The Morgan fingerprint density at radius 1 is 1.37 bits per heavy atom. The van der Waals surface area contributed by atoms with E-state index in [1.54, 1.807) is 29.0 Å². The summed E-state index contributed by atoms with van der Waals surface area (Å²) < 4.78 is 13.8. The summed E-state index contributed by atoms with van der Waals surface area (Å²) in [4.78, 5) is 19.6. The van der Waals surface area contributed by atoms with Crippen LogP contribution in [0, 0.1) is 16.0 Å². The van der Waals surface area contributed by atoms with E-state index in [0.717, 1.165) is 0 Å². The van der Waals surface area contributed by atoms with Gasteiger partial charge in [0, 0.05) is 24.2 Å². The summed E-state index contributed by atoms with van der Waals surface area (Å²) in [5.41, 5.74) is 7.38. The Balaban J connectivity index is 1.70. The van der Waals surface area contributed by atoms with Crippen LogP contribution in [0.15, 0.2) is 30.5 Å². The third-order valence-electron chi connectivity index (χ3n) is 6.02. The minimum Gasteiger partial charge on any atom is -0.394 e. The van der Waals surface area contributed by atoms with Gasteiger partial charge in [0.25, 0.3) is 5.69 Å². The largest absolute Gasteiger partial charge is 0.394 e. The molecule has 188 valence electrons. The van der Waals surface area contributed by atoms with Crippen LogP contribution >= 0.6 is 11.6 Å². The standard InChI is InChI=1S/C23H28ClN5O6/c1-12(2)7-17(14-5-3-4-6-15(14)29(32)33)34-11-13-9-28(19-8-16(31)18(10-30)35-19)22-20(13)21(24)26-23(25)27-22/h3-6,9,12,16-19,30-31H,7-8,10-11H2,1-2H3,(H2,25,26,27)/t16-,17?,18-,19-/m1/s1. The molecule has 0 aliphatic carbocycles. The fourth-order valence-corrected chi connectivity index (χ4v) is 4.70. The Kier molecular flexibility index (Phi) is 7.53. The van der Waals surface area contributed by atoms with Gasteiger partial charge in [-0.15, -0.1) is 0 Å². The Bertz CT molecular complexity index is 1220. The number of nitro groups is 1. The molecular weight excluding hydrogens is 478 g/mol. The van der Waals surface area contributed by atoms with Gasteiger partial charge in [-0.25, -0.2) is 4.98 Å². The van der Waals surface area contributed by atoms with E-state index in [2.05, 4.69) is 9.97 Å². The lowest BCUT2D eigenvalue weighted by atomic mass is 9.98. The Labute approximate surface area is 206 Å². The maximum atomic E-state index is 11.6. The van der Waals surface area contributed by atoms with Crippen LogP contribution in [0.5, 0.6) is 0 Å². The van der Waals surface area contributed by atoms with Crippen LogP contribution < -0.4 is 5.73 Å². The molecule has 35 heavy (non-hydrogen) atoms. The molecule has 0 spiro atoms. The van der Waals surface area contributed by atoms with Crippen LogP contribution in [0.25, 0.3) is 11.0 Å². The van der Waals surface area contributed by atoms with Crippen molar-refractivity contribution in [3.8, 4) is 0 Å². The average molecular weight is 506 g/mol. The van der Waals surface area contributed by atoms with Crippen molar-refractivity contribution in [2.45, 2.75) is 57.8 Å². The molecule has 3 heterocycles. The number of para-hydroxylation sites is 1. The van der Waals surface area contributed by atoms with E-state index in [-0.39, 0.29) is 42.3 Å². The fraction of sp³-hybridized carbons (Fsp3) is 0.478. The third kappa shape index (κ3) is 5.24. The zero-order valence-electron chi connectivity index (χ0n) is 19.4. The summed E-state index contributed by atoms with van der Waals surface area (Å²) in [6.07, 6.45) is -0.156. The number of nitrogens with two attached hydrogens (primary N) is 1. The first-order valence-corrected chi connectivity index (χ1v) is 11.7. The molecule has 1 fully saturated rings. The first-order chi connectivity index (χ1) is 16.7. The van der Waals surface area contributed by atoms with Crippen molar-refractivity contribution < 1.29 is 24.6 Å². The molecule has 1 unspecified atom stereocenters. The monoisotopic (exact) mass is 505 g/mol. The molecular formula is C23H28ClN5O6. The fourth-order valence-electron chi connectivity index (χ4n) is 4.40. The van der Waals surface area contributed by atoms with Crippen LogP contribution in [0.1, 0.15) is 50.1 Å². The summed E-state index contributed by atoms with van der Waals surface area (Å²) in [6.45, 7) is 3.78. The minimum atomic E-state index is -0.842. The van der Waals surface area contributed by atoms with Gasteiger partial charge >= 0.3 is 0 Å². The molecule has 1 aliphatic rings. The molecule has 4 atom stereocenters. The molecule has 4 N–H and O–H groups in total. The third-order valence-corrected chi connectivity index (χ3v) is 6.30. The van der Waals surface area contributed by atoms with E-state index in [4.69, 9.17) is 26.8 Å². The minimum absolute atomic E-state index is 0.00175. The first-order valence-electron chi connectivity index (χ1n) is 11.3. The predicted molar refractivity (Wildman–Crippen MR) is 129 cm³/mol. The van der Waals surface area contributed by atoms with E-state index >= 15 is 0 Å². The summed E-state index contributed by atoms with van der Waals surface area (Å²) in [5.74, 6) is 0.195. The zero-order chi connectivity index (χ0) is 25.3. The highest BCUT2D eigenvalue weighted by molar-refractivity contribution is 6.34. The van der Waals surface area contributed by atoms with Gasteiger partial charge in [-0.3, -0.25) is 10.1 Å². The molecule has 1 aromatic carbocycles. The van der Waals surface area contributed by atoms with Gasteiger partial charge in [-0.1, -0.05) is 37.6 Å². The highest BCUT2D eigenvalue weighted by Crippen LogP contribution is 2.37. The Hall–Kier alpha value is -2.83. The lowest BCUT2D eigenvalue weighted by Crippen LogP contribution is -2.24. The number of fused-ring (bicyclic) bond motifs is 1. The van der Waals surface area contributed by atoms with Gasteiger partial charge in [0.1, 0.15) is 23.1 Å². The zero-order valence-corrected chi connectivity index (χ0v) is 20.1. The van der Waals surface area contributed by atoms with Crippen molar-refractivity contribution in [1.29, 1.82) is 0 Å². The van der Waals surface area contributed by atoms with Crippen LogP contribution in [0.4, 0.5) is 11.6 Å². The van der Waals surface area contributed by atoms with Crippen molar-refractivity contribution >= 4 is 34.3 Å². The number of anilines is 1. The van der Waals surface area contributed by atoms with Gasteiger partial charge in [0.2, 0.25) is 5.95 Å². The number of nitrogen functional groups attached to an aromatic ring is 1. The number of ether oxygens (including phenoxy) is 2. The van der Waals surface area contributed by atoms with Crippen molar-refractivity contribution in [2.75, 3.05) is 12.3 Å². The van der Waals surface area contributed by atoms with Crippen LogP contribution in [0.3, 0.4) is 0 Å². The van der Waals surface area contributed by atoms with Gasteiger partial charge in [0.15, 0.2) is 0 Å². The topological polar surface area (TPSA) is 159 Å². The number of aliphatic hydroxyl groups is 2. The van der Waals surface area contributed by atoms with Gasteiger partial charge in [-0.05, 0) is 18.4 Å². The van der Waals surface area contributed by atoms with Crippen LogP contribution in [0.2, 0.25) is 5.15 Å². The number of nitro benzene ring substituents is 1. The normalized spacial score (nSPS) is 21.1. The molecule has 2 aromatic heterocycles. The number of aromatic nitrogens is 3. The molecule has 0 amide bonds. The average Bonchev–Trinajstić information content (AvgIpc) is 3.36. The summed E-state index contributed by atoms with van der Waals surface area (Å²) in [6, 6.07) is 6.54. The molecule has 11 nitrogen and oxygen atoms in total. The summed E-state index contributed by atoms with van der Waals surface area (Å²) in [7, 11) is 0. The lowest BCUT2D eigenvalue weighted by Gasteiger charge is -2.20. The number of hydrogen-bond acceptors (Lipinski definition) is 9. The number of aliphatic hydroxyl groups excluding tert-OH is 2. The molecule has 0 radical (unpaired) electrons. The highest BCUT2D eigenvalue weighted by atomic mass is 35.5. The van der Waals surface area contributed by atoms with Crippen molar-refractivity contribution in [1.82, 2.24) is 14.5 Å². The van der Waals surface area contributed by atoms with Crippen LogP contribution in [-0.4, -0.2) is 48.5 Å². The molecule has 1 saturated heterocycles. The predicted octanol–water partition coefficient (Wildman–Crippen LogP) is 3.52. The van der Waals surface area contributed by atoms with Crippen LogP contribution in [-0.2, 0) is 16.1 Å². The van der Waals surface area contributed by atoms with Crippen molar-refractivity contribution in [3.63, 3.8) is 0 Å². The first kappa shape index (κ1) is 25.3. The SMILES string of the molecule is CC(C)CC(OCc1cn([C@H]2C[C@@H](O)[C@@H](CO)O2)c2nc(N)nc(Cl)c12)c1ccccc1[N+](=O)[O-]. The van der Waals surface area contributed by atoms with E-state index in [9.17, 15) is 20.3 Å². The maximum Gasteiger partial charge on any atom is 0.275 e. The van der Waals surface area contributed by atoms with E-state index in [1.807, 2.05) is 13.8 Å². The second-order valence-electron chi connectivity index (χ2n) is 8.99. The number of hydrogen-bond donors (Lipinski definition) is 3. The lowest BCUT2D eigenvalue weighted by molar-refractivity contribution is -0.386. The smallest absolute Gasteiger partial charge is 0.275 e. The highest BCUT2D eigenvalue weighted by Gasteiger charge is 2.36. The van der Waals surface area contributed by atoms with Gasteiger partial charge < -0.3 is 30.0 Å². The van der Waals surface area contributed by atoms with E-state index in [1.165, 1.54) is 6.07 Å². The molecule has 4 rings (SSSR count). The number of benzene rings is 1. The summed E-state index contributed by atoms with van der Waals surface area (Å²) >= 11 is 6.44. The van der Waals surface area contributed by atoms with Gasteiger partial charge in [-0.2, -0.15) is 4.98 Å². The molecule has 12 heteroatoms. The Morgan fingerprint density at radius 3 is 2.77 bits per heavy atom. The second-order valence-corrected chi connectivity index (χ2v) is 9.35. The quantitative estimate of drug-likeness (QED) is 0.224.